The molecule has 1 N–H and O–H groups in total. The Morgan fingerprint density at radius 2 is 1.76 bits per heavy atom. The average molecular weight is 490 g/mol. The van der Waals surface area contributed by atoms with Crippen molar-refractivity contribution in [2.24, 2.45) is 7.05 Å². The Labute approximate surface area is 185 Å². The molecule has 3 heterocycles. The third kappa shape index (κ3) is 4.14. The molecule has 1 aromatic carbocycles. The third-order valence-electron chi connectivity index (χ3n) is 5.84. The Morgan fingerprint density at radius 1 is 1.12 bits per heavy atom. The van der Waals surface area contributed by atoms with Crippen LogP contribution in [0.3, 0.4) is 0 Å². The molecule has 1 fully saturated rings. The molecule has 7 nitrogen and oxygen atoms in total. The second kappa shape index (κ2) is 7.90. The number of halogens is 5. The van der Waals surface area contributed by atoms with Gasteiger partial charge in [0.05, 0.1) is 17.3 Å². The van der Waals surface area contributed by atoms with Crippen LogP contribution in [-0.4, -0.2) is 51.9 Å². The molecule has 33 heavy (non-hydrogen) atoms. The number of phenolic OH excluding ortho intramolecular Hbond substituents is 1. The van der Waals surface area contributed by atoms with Crippen LogP contribution in [0.5, 0.6) is 5.75 Å². The first-order chi connectivity index (χ1) is 15.3. The van der Waals surface area contributed by atoms with Gasteiger partial charge in [-0.3, -0.25) is 9.67 Å². The maximum Gasteiger partial charge on any atom is 0.419 e. The minimum atomic E-state index is -5.15. The lowest BCUT2D eigenvalue weighted by molar-refractivity contribution is -0.140. The van der Waals surface area contributed by atoms with Gasteiger partial charge in [0.1, 0.15) is 5.69 Å². The highest BCUT2D eigenvalue weighted by molar-refractivity contribution is 7.88. The van der Waals surface area contributed by atoms with Crippen molar-refractivity contribution in [3.05, 3.63) is 41.2 Å². The molecule has 3 aromatic rings. The zero-order valence-electron chi connectivity index (χ0n) is 17.5. The van der Waals surface area contributed by atoms with Crippen LogP contribution < -0.4 is 0 Å². The molecule has 1 aliphatic heterocycles. The summed E-state index contributed by atoms with van der Waals surface area (Å²) < 4.78 is 94.1. The first-order valence-electron chi connectivity index (χ1n) is 9.85. The van der Waals surface area contributed by atoms with Gasteiger partial charge in [-0.1, -0.05) is 0 Å². The number of piperidine rings is 1. The van der Waals surface area contributed by atoms with Crippen molar-refractivity contribution in [3.8, 4) is 17.0 Å². The number of nitrogens with zero attached hydrogens (tertiary/aromatic N) is 4. The lowest BCUT2D eigenvalue weighted by atomic mass is 9.93. The van der Waals surface area contributed by atoms with Gasteiger partial charge in [-0.05, 0) is 25.0 Å². The maximum atomic E-state index is 14.6. The van der Waals surface area contributed by atoms with Gasteiger partial charge in [0.2, 0.25) is 10.0 Å². The number of hydrogen-bond donors (Lipinski definition) is 1. The second-order valence-corrected chi connectivity index (χ2v) is 9.96. The number of fused-ring (bicyclic) bond motifs is 1. The van der Waals surface area contributed by atoms with Crippen LogP contribution in [0.1, 0.15) is 30.0 Å². The minimum absolute atomic E-state index is 0.0471. The fraction of sp³-hybridized carbons (Fsp3) is 0.400. The van der Waals surface area contributed by atoms with Crippen LogP contribution >= 0.6 is 0 Å². The molecule has 0 amide bonds. The average Bonchev–Trinajstić information content (AvgIpc) is 3.06. The number of pyridine rings is 1. The molecule has 0 atom stereocenters. The summed E-state index contributed by atoms with van der Waals surface area (Å²) in [7, 11) is -1.78. The Hall–Kier alpha value is -2.80. The summed E-state index contributed by atoms with van der Waals surface area (Å²) in [4.78, 5) is 4.36. The topological polar surface area (TPSA) is 88.3 Å². The monoisotopic (exact) mass is 490 g/mol. The van der Waals surface area contributed by atoms with E-state index in [2.05, 4.69) is 10.1 Å². The van der Waals surface area contributed by atoms with Crippen molar-refractivity contribution in [1.82, 2.24) is 19.1 Å². The summed E-state index contributed by atoms with van der Waals surface area (Å²) in [6, 6.07) is 1.94. The number of aromatic nitrogens is 3. The van der Waals surface area contributed by atoms with E-state index in [4.69, 9.17) is 0 Å². The Bertz CT molecular complexity index is 1350. The number of aromatic hydroxyl groups is 1. The summed E-state index contributed by atoms with van der Waals surface area (Å²) in [6.45, 7) is 0.667. The number of benzene rings is 1. The Balaban J connectivity index is 1.75. The Kier molecular flexibility index (Phi) is 5.60. The first-order valence-corrected chi connectivity index (χ1v) is 11.7. The van der Waals surface area contributed by atoms with Crippen molar-refractivity contribution in [2.45, 2.75) is 24.9 Å². The van der Waals surface area contributed by atoms with Crippen LogP contribution in [-0.2, 0) is 23.2 Å². The van der Waals surface area contributed by atoms with Crippen molar-refractivity contribution >= 4 is 20.9 Å². The number of phenols is 1. The van der Waals surface area contributed by atoms with E-state index < -0.39 is 44.7 Å². The van der Waals surface area contributed by atoms with E-state index in [0.717, 1.165) is 6.26 Å². The Morgan fingerprint density at radius 3 is 2.33 bits per heavy atom. The van der Waals surface area contributed by atoms with Gasteiger partial charge in [-0.15, -0.1) is 0 Å². The summed E-state index contributed by atoms with van der Waals surface area (Å²) in [6.07, 6.45) is -1.60. The van der Waals surface area contributed by atoms with Crippen molar-refractivity contribution in [1.29, 1.82) is 0 Å². The summed E-state index contributed by atoms with van der Waals surface area (Å²) in [5.74, 6) is -5.43. The molecule has 0 spiro atoms. The molecule has 0 bridgehead atoms. The minimum Gasteiger partial charge on any atom is -0.503 e. The van der Waals surface area contributed by atoms with E-state index in [1.54, 1.807) is 6.07 Å². The highest BCUT2D eigenvalue weighted by atomic mass is 32.2. The molecule has 1 aliphatic rings. The number of sulfonamides is 1. The van der Waals surface area contributed by atoms with E-state index >= 15 is 0 Å². The van der Waals surface area contributed by atoms with E-state index in [1.165, 1.54) is 22.2 Å². The smallest absolute Gasteiger partial charge is 0.419 e. The SMILES string of the molecule is Cn1nc(-c2cc(C(F)(F)F)c(F)c(O)c2F)c2cnc(C3CCN(S(C)(=O)=O)CC3)cc21. The van der Waals surface area contributed by atoms with Crippen molar-refractivity contribution < 1.29 is 35.5 Å². The highest BCUT2D eigenvalue weighted by Crippen LogP contribution is 2.41. The van der Waals surface area contributed by atoms with Gasteiger partial charge in [-0.2, -0.15) is 18.3 Å². The van der Waals surface area contributed by atoms with Crippen molar-refractivity contribution in [2.75, 3.05) is 19.3 Å². The molecule has 13 heteroatoms. The molecule has 1 saturated heterocycles. The first kappa shape index (κ1) is 23.4. The number of hydrogen-bond acceptors (Lipinski definition) is 5. The van der Waals surface area contributed by atoms with Gasteiger partial charge in [-0.25, -0.2) is 21.5 Å². The van der Waals surface area contributed by atoms with Crippen LogP contribution in [0.2, 0.25) is 0 Å². The zero-order chi connectivity index (χ0) is 24.3. The maximum absolute atomic E-state index is 14.6. The normalized spacial score (nSPS) is 16.6. The number of rotatable bonds is 3. The lowest BCUT2D eigenvalue weighted by Crippen LogP contribution is -2.37. The molecular weight excluding hydrogens is 471 g/mol. The molecule has 4 rings (SSSR count). The van der Waals surface area contributed by atoms with Gasteiger partial charge in [0, 0.05) is 48.9 Å². The van der Waals surface area contributed by atoms with Crippen LogP contribution in [0.4, 0.5) is 22.0 Å². The molecule has 178 valence electrons. The predicted octanol–water partition coefficient (Wildman–Crippen LogP) is 3.78. The van der Waals surface area contributed by atoms with Gasteiger partial charge < -0.3 is 5.11 Å². The van der Waals surface area contributed by atoms with E-state index in [9.17, 15) is 35.5 Å². The van der Waals surface area contributed by atoms with Crippen LogP contribution in [0.15, 0.2) is 18.3 Å². The predicted molar refractivity (Wildman–Crippen MR) is 109 cm³/mol. The molecule has 0 radical (unpaired) electrons. The van der Waals surface area contributed by atoms with Gasteiger partial charge in [0.25, 0.3) is 0 Å². The van der Waals surface area contributed by atoms with Crippen LogP contribution in [0, 0.1) is 11.6 Å². The van der Waals surface area contributed by atoms with Crippen molar-refractivity contribution in [3.63, 3.8) is 0 Å². The molecular formula is C20H19F5N4O3S. The third-order valence-corrected chi connectivity index (χ3v) is 7.14. The van der Waals surface area contributed by atoms with E-state index in [0.29, 0.717) is 37.1 Å². The van der Waals surface area contributed by atoms with E-state index in [1.807, 2.05) is 0 Å². The zero-order valence-corrected chi connectivity index (χ0v) is 18.3. The van der Waals surface area contributed by atoms with Gasteiger partial charge in [0.15, 0.2) is 17.4 Å². The molecule has 0 saturated carbocycles. The fourth-order valence-electron chi connectivity index (χ4n) is 4.07. The van der Waals surface area contributed by atoms with E-state index in [-0.39, 0.29) is 23.1 Å². The quantitative estimate of drug-likeness (QED) is 0.565. The van der Waals surface area contributed by atoms with Crippen LogP contribution in [0.25, 0.3) is 22.2 Å². The molecule has 0 aliphatic carbocycles. The number of aryl methyl sites for hydroxylation is 1. The highest BCUT2D eigenvalue weighted by Gasteiger charge is 2.38. The lowest BCUT2D eigenvalue weighted by Gasteiger charge is -2.29. The second-order valence-electron chi connectivity index (χ2n) is 7.98. The molecule has 2 aromatic heterocycles. The number of alkyl halides is 3. The largest absolute Gasteiger partial charge is 0.503 e. The summed E-state index contributed by atoms with van der Waals surface area (Å²) >= 11 is 0. The fourth-order valence-corrected chi connectivity index (χ4v) is 4.95. The molecule has 0 unspecified atom stereocenters. The standard InChI is InChI=1S/C20H19F5N4O3S/c1-28-15-8-14(10-3-5-29(6-4-10)33(2,31)32)26-9-12(15)18(27-28)11-7-13(20(23,24)25)17(22)19(30)16(11)21/h7-10,30H,3-6H2,1-2H3. The summed E-state index contributed by atoms with van der Waals surface area (Å²) in [5.41, 5.74) is -1.65. The van der Waals surface area contributed by atoms with Gasteiger partial charge >= 0.3 is 6.18 Å². The summed E-state index contributed by atoms with van der Waals surface area (Å²) in [5, 5.41) is 13.9.